The van der Waals surface area contributed by atoms with Crippen LogP contribution >= 0.6 is 0 Å². The van der Waals surface area contributed by atoms with Gasteiger partial charge in [0.15, 0.2) is 6.61 Å². The zero-order valence-corrected chi connectivity index (χ0v) is 15.0. The predicted molar refractivity (Wildman–Crippen MR) is 96.2 cm³/mol. The van der Waals surface area contributed by atoms with Gasteiger partial charge >= 0.3 is 0 Å². The fraction of sp³-hybridized carbons (Fsp3) is 0.222. The molecule has 0 aliphatic carbocycles. The van der Waals surface area contributed by atoms with Crippen LogP contribution in [0.15, 0.2) is 35.4 Å². The first kappa shape index (κ1) is 19.7. The molecule has 2 aromatic rings. The van der Waals surface area contributed by atoms with E-state index in [1.165, 1.54) is 19.4 Å². The van der Waals surface area contributed by atoms with E-state index in [0.29, 0.717) is 5.75 Å². The van der Waals surface area contributed by atoms with Crippen molar-refractivity contribution >= 4 is 17.8 Å². The Kier molecular flexibility index (Phi) is 6.32. The van der Waals surface area contributed by atoms with E-state index in [-0.39, 0.29) is 17.9 Å². The highest BCUT2D eigenvalue weighted by Gasteiger charge is 2.13. The Bertz CT molecular complexity index is 895. The van der Waals surface area contributed by atoms with Crippen molar-refractivity contribution in [3.05, 3.63) is 57.1 Å². The monoisotopic (exact) mass is 372 g/mol. The minimum atomic E-state index is -0.828. The third-order valence-corrected chi connectivity index (χ3v) is 3.58. The van der Waals surface area contributed by atoms with E-state index >= 15 is 0 Å². The first-order valence-corrected chi connectivity index (χ1v) is 7.87. The van der Waals surface area contributed by atoms with Crippen LogP contribution in [0.3, 0.4) is 0 Å². The smallest absolute Gasteiger partial charge is 0.277 e. The minimum Gasteiger partial charge on any atom is -0.865 e. The van der Waals surface area contributed by atoms with E-state index in [4.69, 9.17) is 9.47 Å². The third-order valence-electron chi connectivity index (χ3n) is 3.58. The number of carbonyl (C=O) groups excluding carboxylic acids is 1. The molecule has 0 fully saturated rings. The van der Waals surface area contributed by atoms with Gasteiger partial charge in [-0.2, -0.15) is 5.10 Å². The molecule has 0 heterocycles. The summed E-state index contributed by atoms with van der Waals surface area (Å²) >= 11 is 0. The number of amides is 1. The summed E-state index contributed by atoms with van der Waals surface area (Å²) in [5, 5.41) is 26.4. The number of benzene rings is 2. The van der Waals surface area contributed by atoms with Gasteiger partial charge in [-0.05, 0) is 37.1 Å². The Morgan fingerprint density at radius 2 is 2.00 bits per heavy atom. The zero-order valence-electron chi connectivity index (χ0n) is 15.0. The number of methoxy groups -OCH3 is 1. The summed E-state index contributed by atoms with van der Waals surface area (Å²) in [6.07, 6.45) is 1.17. The molecule has 0 radical (unpaired) electrons. The molecule has 2 aromatic carbocycles. The molecule has 2 rings (SSSR count). The topological polar surface area (TPSA) is 126 Å². The highest BCUT2D eigenvalue weighted by molar-refractivity contribution is 5.85. The number of carbonyl (C=O) groups is 1. The maximum atomic E-state index is 11.8. The molecule has 0 unspecified atom stereocenters. The van der Waals surface area contributed by atoms with Crippen molar-refractivity contribution in [3.8, 4) is 17.2 Å². The minimum absolute atomic E-state index is 0.185. The molecular weight excluding hydrogens is 354 g/mol. The highest BCUT2D eigenvalue weighted by Crippen LogP contribution is 2.33. The first-order chi connectivity index (χ1) is 12.8. The summed E-state index contributed by atoms with van der Waals surface area (Å²) in [6, 6.07) is 7.99. The molecule has 27 heavy (non-hydrogen) atoms. The quantitative estimate of drug-likeness (QED) is 0.449. The average Bonchev–Trinajstić information content (AvgIpc) is 2.63. The lowest BCUT2D eigenvalue weighted by molar-refractivity contribution is -0.398. The predicted octanol–water partition coefficient (Wildman–Crippen LogP) is 1.82. The van der Waals surface area contributed by atoms with Crippen LogP contribution in [0.25, 0.3) is 0 Å². The lowest BCUT2D eigenvalue weighted by Crippen LogP contribution is -2.24. The summed E-state index contributed by atoms with van der Waals surface area (Å²) in [6.45, 7) is 3.53. The van der Waals surface area contributed by atoms with Crippen LogP contribution in [0.4, 0.5) is 5.69 Å². The zero-order chi connectivity index (χ0) is 20.0. The molecule has 0 saturated carbocycles. The lowest BCUT2D eigenvalue weighted by Gasteiger charge is -2.13. The number of ether oxygens (including phenoxy) is 2. The number of rotatable bonds is 7. The van der Waals surface area contributed by atoms with Crippen LogP contribution in [0.5, 0.6) is 17.2 Å². The standard InChI is InChI=1S/C18H19N3O6/c1-11-4-5-12(2)15(6-11)27-10-17(22)20-19-9-13-7-14(21(24)25)18(23)16(8-13)26-3/h4-9,23H,10H2,1-3H3,(H,20,22)/p-1/b19-9+. The Hall–Kier alpha value is -3.62. The average molecular weight is 372 g/mol. The summed E-state index contributed by atoms with van der Waals surface area (Å²) in [5.74, 6) is -0.921. The normalized spacial score (nSPS) is 10.6. The van der Waals surface area contributed by atoms with Crippen LogP contribution in [0.1, 0.15) is 16.7 Å². The van der Waals surface area contributed by atoms with E-state index in [2.05, 4.69) is 10.5 Å². The molecule has 0 aliphatic heterocycles. The Morgan fingerprint density at radius 1 is 1.26 bits per heavy atom. The molecule has 0 bridgehead atoms. The largest absolute Gasteiger partial charge is 0.865 e. The molecule has 0 aliphatic rings. The second kappa shape index (κ2) is 8.65. The number of nitrogens with one attached hydrogen (secondary N) is 1. The van der Waals surface area contributed by atoms with Gasteiger partial charge in [-0.25, -0.2) is 5.43 Å². The van der Waals surface area contributed by atoms with Gasteiger partial charge in [0, 0.05) is 17.4 Å². The van der Waals surface area contributed by atoms with Crippen molar-refractivity contribution in [1.29, 1.82) is 0 Å². The highest BCUT2D eigenvalue weighted by atomic mass is 16.6. The van der Waals surface area contributed by atoms with Crippen molar-refractivity contribution in [2.45, 2.75) is 13.8 Å². The number of nitro benzene ring substituents is 1. The fourth-order valence-electron chi connectivity index (χ4n) is 2.19. The van der Waals surface area contributed by atoms with Crippen molar-refractivity contribution in [2.75, 3.05) is 13.7 Å². The van der Waals surface area contributed by atoms with Gasteiger partial charge in [0.2, 0.25) is 0 Å². The molecule has 9 heteroatoms. The van der Waals surface area contributed by atoms with Crippen molar-refractivity contribution < 1.29 is 24.3 Å². The maximum absolute atomic E-state index is 11.8. The van der Waals surface area contributed by atoms with Crippen LogP contribution in [-0.2, 0) is 4.79 Å². The number of aryl methyl sites for hydroxylation is 2. The maximum Gasteiger partial charge on any atom is 0.277 e. The van der Waals surface area contributed by atoms with E-state index in [9.17, 15) is 20.0 Å². The van der Waals surface area contributed by atoms with E-state index < -0.39 is 22.3 Å². The Labute approximate surface area is 155 Å². The van der Waals surface area contributed by atoms with Gasteiger partial charge < -0.3 is 14.6 Å². The van der Waals surface area contributed by atoms with Crippen molar-refractivity contribution in [1.82, 2.24) is 5.43 Å². The molecule has 1 N–H and O–H groups in total. The molecule has 0 saturated heterocycles. The Balaban J connectivity index is 2.00. The molecule has 0 spiro atoms. The number of hydrazone groups is 1. The summed E-state index contributed by atoms with van der Waals surface area (Å²) in [4.78, 5) is 21.9. The van der Waals surface area contributed by atoms with Crippen LogP contribution in [0, 0.1) is 24.0 Å². The second-order valence-corrected chi connectivity index (χ2v) is 5.68. The van der Waals surface area contributed by atoms with Crippen molar-refractivity contribution in [3.63, 3.8) is 0 Å². The number of nitro groups is 1. The third kappa shape index (κ3) is 5.18. The van der Waals surface area contributed by atoms with Crippen molar-refractivity contribution in [2.24, 2.45) is 5.10 Å². The molecule has 142 valence electrons. The van der Waals surface area contributed by atoms with Gasteiger partial charge in [-0.3, -0.25) is 14.9 Å². The number of hydrogen-bond donors (Lipinski definition) is 1. The number of nitrogens with zero attached hydrogens (tertiary/aromatic N) is 2. The van der Waals surface area contributed by atoms with Gasteiger partial charge in [0.05, 0.1) is 18.2 Å². The summed E-state index contributed by atoms with van der Waals surface area (Å²) < 4.78 is 10.3. The van der Waals surface area contributed by atoms with Crippen LogP contribution in [-0.4, -0.2) is 30.8 Å². The first-order valence-electron chi connectivity index (χ1n) is 7.87. The summed E-state index contributed by atoms with van der Waals surface area (Å²) in [7, 11) is 1.23. The Morgan fingerprint density at radius 3 is 2.67 bits per heavy atom. The van der Waals surface area contributed by atoms with Crippen LogP contribution < -0.4 is 20.0 Å². The van der Waals surface area contributed by atoms with Gasteiger partial charge in [0.25, 0.3) is 11.6 Å². The van der Waals surface area contributed by atoms with Gasteiger partial charge in [0.1, 0.15) is 11.5 Å². The SMILES string of the molecule is COc1cc(/C=N/NC(=O)COc2cc(C)ccc2C)cc([N+](=O)[O-])c1[O-]. The van der Waals surface area contributed by atoms with E-state index in [1.807, 2.05) is 32.0 Å². The van der Waals surface area contributed by atoms with E-state index in [0.717, 1.165) is 17.2 Å². The van der Waals surface area contributed by atoms with E-state index in [1.54, 1.807) is 0 Å². The van der Waals surface area contributed by atoms with Gasteiger partial charge in [-0.15, -0.1) is 0 Å². The molecule has 0 atom stereocenters. The molecular formula is C18H18N3O6-. The summed E-state index contributed by atoms with van der Waals surface area (Å²) in [5.41, 5.74) is 3.75. The molecule has 9 nitrogen and oxygen atoms in total. The molecule has 1 amide bonds. The molecule has 0 aromatic heterocycles. The van der Waals surface area contributed by atoms with Gasteiger partial charge in [-0.1, -0.05) is 12.1 Å². The fourth-order valence-corrected chi connectivity index (χ4v) is 2.19. The number of hydrogen-bond acceptors (Lipinski definition) is 7. The second-order valence-electron chi connectivity index (χ2n) is 5.68. The lowest BCUT2D eigenvalue weighted by atomic mass is 10.1. The van der Waals surface area contributed by atoms with Crippen LogP contribution in [0.2, 0.25) is 0 Å².